The molecule has 1 heterocycles. The van der Waals surface area contributed by atoms with Gasteiger partial charge >= 0.3 is 6.03 Å². The molecule has 0 atom stereocenters. The first-order valence-corrected chi connectivity index (χ1v) is 9.05. The van der Waals surface area contributed by atoms with Crippen molar-refractivity contribution in [3.63, 3.8) is 0 Å². The molecule has 0 radical (unpaired) electrons. The summed E-state index contributed by atoms with van der Waals surface area (Å²) in [5.41, 5.74) is 0.840. The van der Waals surface area contributed by atoms with E-state index in [4.69, 9.17) is 0 Å². The third-order valence-corrected chi connectivity index (χ3v) is 5.28. The van der Waals surface area contributed by atoms with Crippen LogP contribution in [0.1, 0.15) is 45.4 Å². The van der Waals surface area contributed by atoms with Crippen molar-refractivity contribution in [2.45, 2.75) is 57.5 Å². The summed E-state index contributed by atoms with van der Waals surface area (Å²) in [6, 6.07) is 10.2. The Morgan fingerprint density at radius 3 is 2.17 bits per heavy atom. The lowest BCUT2D eigenvalue weighted by Crippen LogP contribution is -2.53. The van der Waals surface area contributed by atoms with Crippen molar-refractivity contribution in [2.24, 2.45) is 0 Å². The number of benzene rings is 1. The third kappa shape index (κ3) is 3.89. The third-order valence-electron chi connectivity index (χ3n) is 5.28. The summed E-state index contributed by atoms with van der Waals surface area (Å²) in [7, 11) is 0. The van der Waals surface area contributed by atoms with Crippen molar-refractivity contribution < 1.29 is 9.59 Å². The van der Waals surface area contributed by atoms with Crippen molar-refractivity contribution in [3.05, 3.63) is 30.3 Å². The van der Waals surface area contributed by atoms with Gasteiger partial charge in [-0.1, -0.05) is 31.0 Å². The molecule has 5 heteroatoms. The van der Waals surface area contributed by atoms with Gasteiger partial charge in [-0.25, -0.2) is 4.79 Å². The van der Waals surface area contributed by atoms with Gasteiger partial charge in [-0.05, 0) is 37.8 Å². The molecule has 1 N–H and O–H groups in total. The highest BCUT2D eigenvalue weighted by atomic mass is 16.2. The molecular formula is C19H27N3O2. The number of amides is 3. The first-order chi connectivity index (χ1) is 11.6. The van der Waals surface area contributed by atoms with Gasteiger partial charge in [-0.3, -0.25) is 4.79 Å². The van der Waals surface area contributed by atoms with E-state index in [1.165, 1.54) is 12.8 Å². The Hall–Kier alpha value is -2.04. The monoisotopic (exact) mass is 329 g/mol. The van der Waals surface area contributed by atoms with Gasteiger partial charge in [0.25, 0.3) is 0 Å². The number of para-hydroxylation sites is 1. The van der Waals surface area contributed by atoms with Crippen LogP contribution in [-0.4, -0.2) is 46.9 Å². The number of hydrogen-bond donors (Lipinski definition) is 1. The summed E-state index contributed by atoms with van der Waals surface area (Å²) in [4.78, 5) is 28.5. The molecule has 0 aromatic heterocycles. The minimum atomic E-state index is 0.00868. The average Bonchev–Trinajstić information content (AvgIpc) is 3.10. The van der Waals surface area contributed by atoms with Crippen LogP contribution < -0.4 is 5.32 Å². The van der Waals surface area contributed by atoms with E-state index in [0.29, 0.717) is 6.04 Å². The molecule has 130 valence electrons. The van der Waals surface area contributed by atoms with Crippen molar-refractivity contribution in [2.75, 3.05) is 18.4 Å². The molecule has 24 heavy (non-hydrogen) atoms. The van der Waals surface area contributed by atoms with Crippen LogP contribution in [-0.2, 0) is 4.79 Å². The molecule has 3 amide bonds. The van der Waals surface area contributed by atoms with Gasteiger partial charge in [0.05, 0.1) is 0 Å². The number of likely N-dealkylation sites (tertiary alicyclic amines) is 1. The predicted molar refractivity (Wildman–Crippen MR) is 94.8 cm³/mol. The van der Waals surface area contributed by atoms with Gasteiger partial charge in [0.15, 0.2) is 0 Å². The van der Waals surface area contributed by atoms with E-state index in [1.807, 2.05) is 35.2 Å². The molecule has 5 nitrogen and oxygen atoms in total. The molecule has 2 fully saturated rings. The van der Waals surface area contributed by atoms with Crippen LogP contribution in [0.4, 0.5) is 10.5 Å². The summed E-state index contributed by atoms with van der Waals surface area (Å²) in [5, 5.41) is 3.06. The number of carbonyl (C=O) groups is 2. The van der Waals surface area contributed by atoms with Gasteiger partial charge in [-0.15, -0.1) is 0 Å². The van der Waals surface area contributed by atoms with Gasteiger partial charge in [0.1, 0.15) is 0 Å². The molecule has 0 spiro atoms. The molecular weight excluding hydrogens is 302 g/mol. The quantitative estimate of drug-likeness (QED) is 0.923. The Labute approximate surface area is 144 Å². The number of carbonyl (C=O) groups excluding carboxylic acids is 2. The van der Waals surface area contributed by atoms with E-state index in [9.17, 15) is 9.59 Å². The summed E-state index contributed by atoms with van der Waals surface area (Å²) < 4.78 is 0. The number of rotatable bonds is 3. The fourth-order valence-corrected chi connectivity index (χ4v) is 3.98. The van der Waals surface area contributed by atoms with Crippen LogP contribution >= 0.6 is 0 Å². The maximum atomic E-state index is 12.9. The first-order valence-electron chi connectivity index (χ1n) is 9.05. The van der Waals surface area contributed by atoms with Gasteiger partial charge < -0.3 is 15.1 Å². The number of nitrogens with zero attached hydrogens (tertiary/aromatic N) is 2. The summed E-state index contributed by atoms with van der Waals surface area (Å²) in [5.74, 6) is 0.134. The molecule has 0 bridgehead atoms. The van der Waals surface area contributed by atoms with Crippen molar-refractivity contribution >= 4 is 17.6 Å². The highest BCUT2D eigenvalue weighted by Gasteiger charge is 2.34. The Kier molecular flexibility index (Phi) is 5.38. The Morgan fingerprint density at radius 2 is 1.58 bits per heavy atom. The van der Waals surface area contributed by atoms with E-state index in [2.05, 4.69) is 10.2 Å². The van der Waals surface area contributed by atoms with Crippen molar-refractivity contribution in [3.8, 4) is 0 Å². The molecule has 3 rings (SSSR count). The van der Waals surface area contributed by atoms with Crippen LogP contribution in [0, 0.1) is 0 Å². The summed E-state index contributed by atoms with van der Waals surface area (Å²) in [6.07, 6.45) is 6.33. The average molecular weight is 329 g/mol. The van der Waals surface area contributed by atoms with E-state index >= 15 is 0 Å². The van der Waals surface area contributed by atoms with Crippen LogP contribution in [0.2, 0.25) is 0 Å². The number of nitrogens with one attached hydrogen (secondary N) is 1. The summed E-state index contributed by atoms with van der Waals surface area (Å²) >= 11 is 0. The second kappa shape index (κ2) is 7.69. The molecule has 1 aliphatic carbocycles. The molecule has 0 unspecified atom stereocenters. The normalized spacial score (nSPS) is 19.3. The van der Waals surface area contributed by atoms with Crippen LogP contribution in [0.15, 0.2) is 30.3 Å². The van der Waals surface area contributed by atoms with E-state index in [-0.39, 0.29) is 18.0 Å². The molecule has 1 saturated heterocycles. The minimum absolute atomic E-state index is 0.00868. The lowest BCUT2D eigenvalue weighted by Gasteiger charge is -2.41. The molecule has 1 aromatic carbocycles. The number of hydrogen-bond acceptors (Lipinski definition) is 2. The van der Waals surface area contributed by atoms with Crippen LogP contribution in [0.25, 0.3) is 0 Å². The lowest BCUT2D eigenvalue weighted by atomic mass is 10.0. The second-order valence-electron chi connectivity index (χ2n) is 6.88. The Morgan fingerprint density at radius 1 is 1.00 bits per heavy atom. The summed E-state index contributed by atoms with van der Waals surface area (Å²) in [6.45, 7) is 3.13. The van der Waals surface area contributed by atoms with Gasteiger partial charge in [-0.2, -0.15) is 0 Å². The minimum Gasteiger partial charge on any atom is -0.343 e. The van der Waals surface area contributed by atoms with Crippen molar-refractivity contribution in [1.29, 1.82) is 0 Å². The molecule has 2 aliphatic rings. The highest BCUT2D eigenvalue weighted by molar-refractivity contribution is 5.89. The molecule has 1 aromatic rings. The maximum absolute atomic E-state index is 12.9. The van der Waals surface area contributed by atoms with E-state index in [1.54, 1.807) is 6.92 Å². The topological polar surface area (TPSA) is 52.7 Å². The van der Waals surface area contributed by atoms with Crippen LogP contribution in [0.5, 0.6) is 0 Å². The highest BCUT2D eigenvalue weighted by Crippen LogP contribution is 2.29. The molecule has 1 aliphatic heterocycles. The first kappa shape index (κ1) is 16.8. The zero-order valence-corrected chi connectivity index (χ0v) is 14.4. The van der Waals surface area contributed by atoms with Gasteiger partial charge in [0.2, 0.25) is 5.91 Å². The Bertz CT molecular complexity index is 561. The zero-order chi connectivity index (χ0) is 16.9. The smallest absolute Gasteiger partial charge is 0.322 e. The zero-order valence-electron chi connectivity index (χ0n) is 14.4. The van der Waals surface area contributed by atoms with Crippen LogP contribution in [0.3, 0.4) is 0 Å². The standard InChI is InChI=1S/C19H27N3O2/c1-15(23)21-13-11-18(12-14-21)22(17-9-5-6-10-17)19(24)20-16-7-3-2-4-8-16/h2-4,7-8,17-18H,5-6,9-14H2,1H3,(H,20,24). The second-order valence-corrected chi connectivity index (χ2v) is 6.88. The number of anilines is 1. The Balaban J connectivity index is 1.69. The number of urea groups is 1. The fraction of sp³-hybridized carbons (Fsp3) is 0.579. The predicted octanol–water partition coefficient (Wildman–Crippen LogP) is 3.47. The maximum Gasteiger partial charge on any atom is 0.322 e. The van der Waals surface area contributed by atoms with Gasteiger partial charge in [0, 0.05) is 37.8 Å². The number of piperidine rings is 1. The van der Waals surface area contributed by atoms with Crippen molar-refractivity contribution in [1.82, 2.24) is 9.80 Å². The van der Waals surface area contributed by atoms with E-state index in [0.717, 1.165) is 44.5 Å². The lowest BCUT2D eigenvalue weighted by molar-refractivity contribution is -0.130. The molecule has 1 saturated carbocycles. The SMILES string of the molecule is CC(=O)N1CCC(N(C(=O)Nc2ccccc2)C2CCCC2)CC1. The fourth-order valence-electron chi connectivity index (χ4n) is 3.98. The van der Waals surface area contributed by atoms with E-state index < -0.39 is 0 Å². The largest absolute Gasteiger partial charge is 0.343 e.